The summed E-state index contributed by atoms with van der Waals surface area (Å²) in [5.41, 5.74) is 4.40. The number of nitrogens with zero attached hydrogens (tertiary/aromatic N) is 3. The van der Waals surface area contributed by atoms with Gasteiger partial charge in [-0.15, -0.1) is 5.10 Å². The molecule has 0 aliphatic heterocycles. The zero-order valence-electron chi connectivity index (χ0n) is 15.2. The van der Waals surface area contributed by atoms with Gasteiger partial charge in [-0.25, -0.2) is 4.68 Å². The van der Waals surface area contributed by atoms with E-state index in [9.17, 15) is 4.79 Å². The number of hydrogen-bond acceptors (Lipinski definition) is 4. The Bertz CT molecular complexity index is 897. The summed E-state index contributed by atoms with van der Waals surface area (Å²) in [4.78, 5) is 12.3. The minimum Gasteiger partial charge on any atom is -0.494 e. The molecule has 1 heterocycles. The number of aromatic nitrogens is 3. The van der Waals surface area contributed by atoms with E-state index in [2.05, 4.69) is 21.7 Å². The summed E-state index contributed by atoms with van der Waals surface area (Å²) in [5.74, 6) is 0.530. The van der Waals surface area contributed by atoms with Crippen LogP contribution in [-0.4, -0.2) is 27.5 Å². The van der Waals surface area contributed by atoms with Crippen LogP contribution in [0.1, 0.15) is 34.1 Å². The quantitative estimate of drug-likeness (QED) is 0.741. The van der Waals surface area contributed by atoms with Crippen LogP contribution in [0.2, 0.25) is 0 Å². The lowest BCUT2D eigenvalue weighted by Crippen LogP contribution is -2.23. The van der Waals surface area contributed by atoms with Crippen LogP contribution < -0.4 is 10.1 Å². The van der Waals surface area contributed by atoms with Crippen LogP contribution in [0.3, 0.4) is 0 Å². The van der Waals surface area contributed by atoms with Gasteiger partial charge in [0.2, 0.25) is 0 Å². The fourth-order valence-corrected chi connectivity index (χ4v) is 2.76. The smallest absolute Gasteiger partial charge is 0.273 e. The van der Waals surface area contributed by atoms with Crippen molar-refractivity contribution in [3.63, 3.8) is 0 Å². The zero-order valence-corrected chi connectivity index (χ0v) is 15.2. The number of aryl methyl sites for hydroxylation is 2. The van der Waals surface area contributed by atoms with E-state index in [0.717, 1.165) is 28.1 Å². The van der Waals surface area contributed by atoms with Crippen molar-refractivity contribution < 1.29 is 9.53 Å². The number of nitrogens with one attached hydrogen (secondary N) is 1. The summed E-state index contributed by atoms with van der Waals surface area (Å²) in [6, 6.07) is 13.7. The van der Waals surface area contributed by atoms with Gasteiger partial charge >= 0.3 is 0 Å². The first-order chi connectivity index (χ1) is 12.5. The first-order valence-corrected chi connectivity index (χ1v) is 8.56. The molecule has 3 aromatic rings. The minimum atomic E-state index is -0.262. The second-order valence-corrected chi connectivity index (χ2v) is 6.16. The molecule has 0 aliphatic carbocycles. The molecule has 6 nitrogen and oxygen atoms in total. The van der Waals surface area contributed by atoms with Gasteiger partial charge in [-0.1, -0.05) is 23.4 Å². The number of amides is 1. The number of benzene rings is 2. The maximum absolute atomic E-state index is 12.3. The second-order valence-electron chi connectivity index (χ2n) is 6.16. The molecule has 0 spiro atoms. The first-order valence-electron chi connectivity index (χ1n) is 8.56. The standard InChI is InChI=1S/C20H22N4O2/c1-4-26-18-7-5-6-16(11-18)12-21-20(25)19-13-24(23-22-19)17-9-14(2)8-15(3)10-17/h5-11,13H,4,12H2,1-3H3,(H,21,25). The van der Waals surface area contributed by atoms with E-state index < -0.39 is 0 Å². The van der Waals surface area contributed by atoms with Crippen LogP contribution in [0.5, 0.6) is 5.75 Å². The van der Waals surface area contributed by atoms with Crippen molar-refractivity contribution in [3.8, 4) is 11.4 Å². The molecular formula is C20H22N4O2. The van der Waals surface area contributed by atoms with Gasteiger partial charge in [-0.05, 0) is 61.7 Å². The van der Waals surface area contributed by atoms with Crippen LogP contribution in [0.4, 0.5) is 0 Å². The van der Waals surface area contributed by atoms with Crippen molar-refractivity contribution in [2.75, 3.05) is 6.61 Å². The van der Waals surface area contributed by atoms with Gasteiger partial charge in [-0.2, -0.15) is 0 Å². The molecule has 0 atom stereocenters. The monoisotopic (exact) mass is 350 g/mol. The molecular weight excluding hydrogens is 328 g/mol. The lowest BCUT2D eigenvalue weighted by atomic mass is 10.1. The van der Waals surface area contributed by atoms with Gasteiger partial charge < -0.3 is 10.1 Å². The predicted molar refractivity (Wildman–Crippen MR) is 99.6 cm³/mol. The molecule has 1 N–H and O–H groups in total. The normalized spacial score (nSPS) is 10.6. The largest absolute Gasteiger partial charge is 0.494 e. The van der Waals surface area contributed by atoms with Crippen LogP contribution in [0.25, 0.3) is 5.69 Å². The fraction of sp³-hybridized carbons (Fsp3) is 0.250. The summed E-state index contributed by atoms with van der Waals surface area (Å²) in [5, 5.41) is 10.9. The lowest BCUT2D eigenvalue weighted by molar-refractivity contribution is 0.0946. The molecule has 0 unspecified atom stereocenters. The SMILES string of the molecule is CCOc1cccc(CNC(=O)c2cn(-c3cc(C)cc(C)c3)nn2)c1. The van der Waals surface area contributed by atoms with E-state index in [4.69, 9.17) is 4.74 Å². The van der Waals surface area contributed by atoms with E-state index in [-0.39, 0.29) is 11.6 Å². The molecule has 0 fully saturated rings. The van der Waals surface area contributed by atoms with Gasteiger partial charge in [-0.3, -0.25) is 4.79 Å². The highest BCUT2D eigenvalue weighted by molar-refractivity contribution is 5.91. The number of carbonyl (C=O) groups excluding carboxylic acids is 1. The second kappa shape index (κ2) is 7.82. The molecule has 1 aromatic heterocycles. The van der Waals surface area contributed by atoms with Gasteiger partial charge in [0.05, 0.1) is 18.5 Å². The number of carbonyl (C=O) groups is 1. The fourth-order valence-electron chi connectivity index (χ4n) is 2.76. The molecule has 0 radical (unpaired) electrons. The Morgan fingerprint density at radius 3 is 2.65 bits per heavy atom. The molecule has 26 heavy (non-hydrogen) atoms. The van der Waals surface area contributed by atoms with E-state index in [1.54, 1.807) is 10.9 Å². The third kappa shape index (κ3) is 4.27. The minimum absolute atomic E-state index is 0.262. The maximum Gasteiger partial charge on any atom is 0.273 e. The van der Waals surface area contributed by atoms with Crippen molar-refractivity contribution in [3.05, 3.63) is 71.0 Å². The average Bonchev–Trinajstić information content (AvgIpc) is 3.10. The highest BCUT2D eigenvalue weighted by atomic mass is 16.5. The molecule has 1 amide bonds. The Labute approximate surface area is 152 Å². The van der Waals surface area contributed by atoms with E-state index in [0.29, 0.717) is 13.2 Å². The Morgan fingerprint density at radius 2 is 1.92 bits per heavy atom. The Balaban J connectivity index is 1.67. The summed E-state index contributed by atoms with van der Waals surface area (Å²) in [6.45, 7) is 7.00. The van der Waals surface area contributed by atoms with Crippen LogP contribution >= 0.6 is 0 Å². The maximum atomic E-state index is 12.3. The van der Waals surface area contributed by atoms with Gasteiger partial charge in [0, 0.05) is 6.54 Å². The number of ether oxygens (including phenoxy) is 1. The topological polar surface area (TPSA) is 69.0 Å². The van der Waals surface area contributed by atoms with Crippen molar-refractivity contribution >= 4 is 5.91 Å². The van der Waals surface area contributed by atoms with Crippen LogP contribution in [-0.2, 0) is 6.54 Å². The third-order valence-electron chi connectivity index (χ3n) is 3.86. The van der Waals surface area contributed by atoms with Crippen LogP contribution in [0, 0.1) is 13.8 Å². The molecule has 2 aromatic carbocycles. The zero-order chi connectivity index (χ0) is 18.5. The van der Waals surface area contributed by atoms with E-state index in [1.165, 1.54) is 0 Å². The predicted octanol–water partition coefficient (Wildman–Crippen LogP) is 3.21. The van der Waals surface area contributed by atoms with Crippen molar-refractivity contribution in [1.29, 1.82) is 0 Å². The van der Waals surface area contributed by atoms with Gasteiger partial charge in [0.25, 0.3) is 5.91 Å². The van der Waals surface area contributed by atoms with E-state index >= 15 is 0 Å². The average molecular weight is 350 g/mol. The molecule has 6 heteroatoms. The molecule has 0 saturated carbocycles. The molecule has 0 bridgehead atoms. The summed E-state index contributed by atoms with van der Waals surface area (Å²) in [7, 11) is 0. The highest BCUT2D eigenvalue weighted by Gasteiger charge is 2.12. The summed E-state index contributed by atoms with van der Waals surface area (Å²) >= 11 is 0. The third-order valence-corrected chi connectivity index (χ3v) is 3.86. The van der Waals surface area contributed by atoms with Gasteiger partial charge in [0.15, 0.2) is 5.69 Å². The van der Waals surface area contributed by atoms with Crippen molar-refractivity contribution in [1.82, 2.24) is 20.3 Å². The molecule has 0 aliphatic rings. The molecule has 134 valence electrons. The number of rotatable bonds is 6. The summed E-state index contributed by atoms with van der Waals surface area (Å²) in [6.07, 6.45) is 1.64. The Morgan fingerprint density at radius 1 is 1.15 bits per heavy atom. The highest BCUT2D eigenvalue weighted by Crippen LogP contribution is 2.14. The Kier molecular flexibility index (Phi) is 5.31. The number of hydrogen-bond donors (Lipinski definition) is 1. The summed E-state index contributed by atoms with van der Waals surface area (Å²) < 4.78 is 7.09. The molecule has 0 saturated heterocycles. The van der Waals surface area contributed by atoms with Gasteiger partial charge in [0.1, 0.15) is 5.75 Å². The van der Waals surface area contributed by atoms with E-state index in [1.807, 2.05) is 57.2 Å². The van der Waals surface area contributed by atoms with Crippen molar-refractivity contribution in [2.45, 2.75) is 27.3 Å². The van der Waals surface area contributed by atoms with Crippen molar-refractivity contribution in [2.24, 2.45) is 0 Å². The Hall–Kier alpha value is -3.15. The first kappa shape index (κ1) is 17.7. The molecule has 3 rings (SSSR count). The van der Waals surface area contributed by atoms with Crippen LogP contribution in [0.15, 0.2) is 48.7 Å². The lowest BCUT2D eigenvalue weighted by Gasteiger charge is -2.07.